The molecule has 0 aliphatic heterocycles. The number of hydrogen-bond donors (Lipinski definition) is 1. The first-order valence-electron chi connectivity index (χ1n) is 7.78. The molecule has 0 saturated carbocycles. The largest absolute Gasteiger partial charge is 0.466 e. The summed E-state index contributed by atoms with van der Waals surface area (Å²) in [6, 6.07) is 2.81. The second kappa shape index (κ2) is 8.75. The van der Waals surface area contributed by atoms with E-state index in [1.807, 2.05) is 0 Å². The topological polar surface area (TPSA) is 86.1 Å². The number of nitrogens with zero attached hydrogens (tertiary/aromatic N) is 3. The Bertz CT molecular complexity index is 813. The highest BCUT2D eigenvalue weighted by Gasteiger charge is 2.21. The van der Waals surface area contributed by atoms with E-state index in [0.717, 1.165) is 30.0 Å². The Hall–Kier alpha value is -2.49. The number of rotatable bonds is 7. The van der Waals surface area contributed by atoms with Gasteiger partial charge in [-0.2, -0.15) is 0 Å². The maximum atomic E-state index is 13.6. The monoisotopic (exact) mass is 384 g/mol. The fraction of sp³-hybridized carbons (Fsp3) is 0.375. The van der Waals surface area contributed by atoms with Gasteiger partial charge < -0.3 is 14.6 Å². The molecule has 10 heteroatoms. The van der Waals surface area contributed by atoms with Crippen LogP contribution in [0.1, 0.15) is 19.7 Å². The van der Waals surface area contributed by atoms with Gasteiger partial charge in [-0.3, -0.25) is 9.59 Å². The van der Waals surface area contributed by atoms with E-state index in [0.29, 0.717) is 11.0 Å². The first-order chi connectivity index (χ1) is 12.3. The second-order valence-electron chi connectivity index (χ2n) is 5.31. The molecule has 0 fully saturated rings. The van der Waals surface area contributed by atoms with Gasteiger partial charge in [0.2, 0.25) is 5.91 Å². The molecule has 1 N–H and O–H groups in total. The highest BCUT2D eigenvalue weighted by molar-refractivity contribution is 8.00. The number of anilines is 1. The van der Waals surface area contributed by atoms with E-state index >= 15 is 0 Å². The number of hydrogen-bond acceptors (Lipinski definition) is 6. The van der Waals surface area contributed by atoms with Gasteiger partial charge in [-0.1, -0.05) is 11.8 Å². The predicted molar refractivity (Wildman–Crippen MR) is 91.6 cm³/mol. The van der Waals surface area contributed by atoms with E-state index in [1.54, 1.807) is 25.5 Å². The summed E-state index contributed by atoms with van der Waals surface area (Å²) in [4.78, 5) is 23.7. The van der Waals surface area contributed by atoms with Crippen molar-refractivity contribution in [2.45, 2.75) is 30.7 Å². The van der Waals surface area contributed by atoms with Crippen LogP contribution < -0.4 is 5.32 Å². The molecule has 140 valence electrons. The van der Waals surface area contributed by atoms with Crippen LogP contribution in [0.3, 0.4) is 0 Å². The molecule has 0 saturated heterocycles. The number of halogens is 2. The summed E-state index contributed by atoms with van der Waals surface area (Å²) in [5, 5.41) is 9.95. The van der Waals surface area contributed by atoms with Crippen molar-refractivity contribution < 1.29 is 23.1 Å². The van der Waals surface area contributed by atoms with Crippen LogP contribution in [0.2, 0.25) is 0 Å². The number of thioether (sulfide) groups is 1. The van der Waals surface area contributed by atoms with Crippen molar-refractivity contribution in [3.05, 3.63) is 35.7 Å². The number of benzene rings is 1. The molecule has 1 amide bonds. The summed E-state index contributed by atoms with van der Waals surface area (Å²) in [7, 11) is 1.66. The van der Waals surface area contributed by atoms with Crippen molar-refractivity contribution in [1.82, 2.24) is 14.8 Å². The van der Waals surface area contributed by atoms with E-state index < -0.39 is 28.8 Å². The maximum Gasteiger partial charge on any atom is 0.313 e. The first kappa shape index (κ1) is 19.8. The molecular formula is C16H18F2N4O3S. The molecular weight excluding hydrogens is 366 g/mol. The Kier molecular flexibility index (Phi) is 6.67. The minimum Gasteiger partial charge on any atom is -0.466 e. The van der Waals surface area contributed by atoms with E-state index in [4.69, 9.17) is 4.74 Å². The van der Waals surface area contributed by atoms with Gasteiger partial charge >= 0.3 is 5.97 Å². The van der Waals surface area contributed by atoms with Crippen LogP contribution in [-0.2, 0) is 27.8 Å². The molecule has 0 unspecified atom stereocenters. The fourth-order valence-electron chi connectivity index (χ4n) is 1.98. The van der Waals surface area contributed by atoms with Gasteiger partial charge in [0, 0.05) is 13.1 Å². The average molecular weight is 384 g/mol. The van der Waals surface area contributed by atoms with Gasteiger partial charge in [-0.15, -0.1) is 10.2 Å². The third-order valence-electron chi connectivity index (χ3n) is 3.37. The van der Waals surface area contributed by atoms with Crippen LogP contribution in [0.15, 0.2) is 23.4 Å². The van der Waals surface area contributed by atoms with Crippen LogP contribution in [-0.4, -0.2) is 38.5 Å². The van der Waals surface area contributed by atoms with Gasteiger partial charge in [0.25, 0.3) is 0 Å². The average Bonchev–Trinajstić information content (AvgIpc) is 2.91. The lowest BCUT2D eigenvalue weighted by molar-refractivity contribution is -0.142. The smallest absolute Gasteiger partial charge is 0.313 e. The quantitative estimate of drug-likeness (QED) is 0.582. The zero-order valence-electron chi connectivity index (χ0n) is 14.5. The van der Waals surface area contributed by atoms with Crippen molar-refractivity contribution in [1.29, 1.82) is 0 Å². The number of aromatic nitrogens is 3. The van der Waals surface area contributed by atoms with E-state index in [-0.39, 0.29) is 18.7 Å². The molecule has 0 bridgehead atoms. The lowest BCUT2D eigenvalue weighted by Crippen LogP contribution is -2.23. The summed E-state index contributed by atoms with van der Waals surface area (Å²) < 4.78 is 33.2. The summed E-state index contributed by atoms with van der Waals surface area (Å²) in [6.45, 7) is 3.57. The standard InChI is InChI=1S/C16H18F2N4O3S/c1-4-25-14(23)8-13-20-21-16(22(13)3)26-9(2)15(24)19-12-7-10(17)5-6-11(12)18/h5-7,9H,4,8H2,1-3H3,(H,19,24)/t9-/m0/s1. The Balaban J connectivity index is 2.01. The molecule has 26 heavy (non-hydrogen) atoms. The molecule has 2 aromatic rings. The second-order valence-corrected chi connectivity index (χ2v) is 6.62. The van der Waals surface area contributed by atoms with Crippen LogP contribution in [0, 0.1) is 11.6 Å². The number of carbonyl (C=O) groups is 2. The first-order valence-corrected chi connectivity index (χ1v) is 8.66. The Morgan fingerprint density at radius 2 is 2.08 bits per heavy atom. The van der Waals surface area contributed by atoms with Crippen molar-refractivity contribution in [3.63, 3.8) is 0 Å². The highest BCUT2D eigenvalue weighted by atomic mass is 32.2. The maximum absolute atomic E-state index is 13.6. The molecule has 0 aliphatic rings. The molecule has 0 radical (unpaired) electrons. The van der Waals surface area contributed by atoms with Crippen molar-refractivity contribution >= 4 is 29.3 Å². The molecule has 0 aliphatic carbocycles. The number of esters is 1. The molecule has 2 rings (SSSR count). The number of nitrogens with one attached hydrogen (secondary N) is 1. The number of ether oxygens (including phenoxy) is 1. The number of amides is 1. The Morgan fingerprint density at radius 1 is 1.35 bits per heavy atom. The summed E-state index contributed by atoms with van der Waals surface area (Å²) >= 11 is 1.08. The highest BCUT2D eigenvalue weighted by Crippen LogP contribution is 2.23. The Morgan fingerprint density at radius 3 is 2.77 bits per heavy atom. The fourth-order valence-corrected chi connectivity index (χ4v) is 2.82. The SMILES string of the molecule is CCOC(=O)Cc1nnc(S[C@@H](C)C(=O)Nc2cc(F)ccc2F)n1C. The Labute approximate surface area is 153 Å². The summed E-state index contributed by atoms with van der Waals surface area (Å²) in [6.07, 6.45) is -0.0347. The lowest BCUT2D eigenvalue weighted by atomic mass is 10.3. The molecule has 1 aromatic heterocycles. The van der Waals surface area contributed by atoms with Gasteiger partial charge in [-0.25, -0.2) is 8.78 Å². The lowest BCUT2D eigenvalue weighted by Gasteiger charge is -2.12. The van der Waals surface area contributed by atoms with Crippen LogP contribution in [0.25, 0.3) is 0 Å². The van der Waals surface area contributed by atoms with Crippen molar-refractivity contribution in [3.8, 4) is 0 Å². The van der Waals surface area contributed by atoms with Gasteiger partial charge in [0.1, 0.15) is 23.9 Å². The minimum atomic E-state index is -0.729. The van der Waals surface area contributed by atoms with Gasteiger partial charge in [0.05, 0.1) is 17.5 Å². The normalized spacial score (nSPS) is 11.9. The molecule has 1 heterocycles. The van der Waals surface area contributed by atoms with Gasteiger partial charge in [-0.05, 0) is 26.0 Å². The van der Waals surface area contributed by atoms with E-state index in [9.17, 15) is 18.4 Å². The molecule has 1 atom stereocenters. The van der Waals surface area contributed by atoms with Crippen molar-refractivity contribution in [2.75, 3.05) is 11.9 Å². The van der Waals surface area contributed by atoms with Gasteiger partial charge in [0.15, 0.2) is 5.16 Å². The zero-order chi connectivity index (χ0) is 19.3. The van der Waals surface area contributed by atoms with Crippen molar-refractivity contribution in [2.24, 2.45) is 7.05 Å². The minimum absolute atomic E-state index is 0.0347. The third-order valence-corrected chi connectivity index (χ3v) is 4.50. The predicted octanol–water partition coefficient (Wildman–Crippen LogP) is 2.32. The number of carbonyl (C=O) groups excluding carboxylic acids is 2. The van der Waals surface area contributed by atoms with Crippen LogP contribution >= 0.6 is 11.8 Å². The zero-order valence-corrected chi connectivity index (χ0v) is 15.3. The summed E-state index contributed by atoms with van der Waals surface area (Å²) in [5.74, 6) is -1.93. The molecule has 7 nitrogen and oxygen atoms in total. The van der Waals surface area contributed by atoms with Crippen LogP contribution in [0.5, 0.6) is 0 Å². The van der Waals surface area contributed by atoms with E-state index in [1.165, 1.54) is 0 Å². The summed E-state index contributed by atoms with van der Waals surface area (Å²) in [5.41, 5.74) is -0.233. The van der Waals surface area contributed by atoms with E-state index in [2.05, 4.69) is 15.5 Å². The third kappa shape index (κ3) is 5.01. The van der Waals surface area contributed by atoms with Crippen LogP contribution in [0.4, 0.5) is 14.5 Å². The molecule has 0 spiro atoms. The molecule has 1 aromatic carbocycles.